The van der Waals surface area contributed by atoms with Crippen molar-refractivity contribution in [2.24, 2.45) is 0 Å². The summed E-state index contributed by atoms with van der Waals surface area (Å²) in [6.45, 7) is 0.496. The minimum atomic E-state index is -0.468. The number of benzene rings is 2. The third kappa shape index (κ3) is 4.91. The van der Waals surface area contributed by atoms with Gasteiger partial charge in [-0.1, -0.05) is 18.2 Å². The van der Waals surface area contributed by atoms with Crippen LogP contribution in [0.4, 0.5) is 4.39 Å². The molecule has 0 atom stereocenters. The number of hydrogen-bond donors (Lipinski definition) is 1. The van der Waals surface area contributed by atoms with Crippen LogP contribution in [0.2, 0.25) is 0 Å². The molecule has 4 rings (SSSR count). The summed E-state index contributed by atoms with van der Waals surface area (Å²) in [5.41, 5.74) is 1.70. The molecule has 0 unspecified atom stereocenters. The molecule has 0 saturated heterocycles. The first-order chi connectivity index (χ1) is 16.5. The minimum Gasteiger partial charge on any atom is -0.493 e. The highest BCUT2D eigenvalue weighted by Gasteiger charge is 2.16. The second-order valence-corrected chi connectivity index (χ2v) is 7.69. The van der Waals surface area contributed by atoms with Gasteiger partial charge in [0.15, 0.2) is 11.5 Å². The van der Waals surface area contributed by atoms with E-state index in [2.05, 4.69) is 10.3 Å². The maximum absolute atomic E-state index is 13.3. The van der Waals surface area contributed by atoms with Gasteiger partial charge in [0.2, 0.25) is 0 Å². The van der Waals surface area contributed by atoms with Gasteiger partial charge in [-0.2, -0.15) is 0 Å². The molecule has 1 amide bonds. The van der Waals surface area contributed by atoms with Gasteiger partial charge in [0.25, 0.3) is 11.5 Å². The van der Waals surface area contributed by atoms with Gasteiger partial charge < -0.3 is 14.8 Å². The van der Waals surface area contributed by atoms with E-state index in [0.29, 0.717) is 35.5 Å². The van der Waals surface area contributed by atoms with Crippen molar-refractivity contribution in [2.75, 3.05) is 20.8 Å². The molecule has 0 bridgehead atoms. The first-order valence-corrected chi connectivity index (χ1v) is 10.7. The van der Waals surface area contributed by atoms with Gasteiger partial charge >= 0.3 is 0 Å². The van der Waals surface area contributed by atoms with E-state index in [1.807, 2.05) is 12.1 Å². The van der Waals surface area contributed by atoms with Crippen LogP contribution < -0.4 is 20.3 Å². The number of methoxy groups -OCH3 is 2. The standard InChI is InChI=1S/C26H24FN3O4/c1-33-22-10-7-17(14-23(22)34-2)11-13-29-25(31)21-15-19-4-3-12-28-24(19)30(26(21)32)16-18-5-8-20(27)9-6-18/h3-10,12,14-15H,11,13,16H2,1-2H3,(H,29,31). The van der Waals surface area contributed by atoms with Crippen LogP contribution in [0.3, 0.4) is 0 Å². The Morgan fingerprint density at radius 1 is 1.00 bits per heavy atom. The summed E-state index contributed by atoms with van der Waals surface area (Å²) in [7, 11) is 3.13. The van der Waals surface area contributed by atoms with Gasteiger partial charge in [-0.05, 0) is 60.0 Å². The monoisotopic (exact) mass is 461 g/mol. The number of rotatable bonds is 8. The van der Waals surface area contributed by atoms with Crippen molar-refractivity contribution in [3.05, 3.63) is 99.7 Å². The van der Waals surface area contributed by atoms with Crippen molar-refractivity contribution in [1.82, 2.24) is 14.9 Å². The lowest BCUT2D eigenvalue weighted by atomic mass is 10.1. The molecule has 8 heteroatoms. The molecule has 174 valence electrons. The zero-order valence-corrected chi connectivity index (χ0v) is 18.9. The molecule has 0 aliphatic heterocycles. The minimum absolute atomic E-state index is 0.0231. The lowest BCUT2D eigenvalue weighted by Crippen LogP contribution is -2.34. The van der Waals surface area contributed by atoms with E-state index in [1.165, 1.54) is 16.7 Å². The molecule has 0 fully saturated rings. The van der Waals surface area contributed by atoms with Crippen LogP contribution in [0.15, 0.2) is 71.7 Å². The van der Waals surface area contributed by atoms with Gasteiger partial charge in [-0.3, -0.25) is 14.2 Å². The Labute approximate surface area is 195 Å². The van der Waals surface area contributed by atoms with Crippen molar-refractivity contribution >= 4 is 16.9 Å². The van der Waals surface area contributed by atoms with Crippen molar-refractivity contribution in [3.63, 3.8) is 0 Å². The molecule has 0 spiro atoms. The Kier molecular flexibility index (Phi) is 6.87. The molecule has 2 aromatic heterocycles. The van der Waals surface area contributed by atoms with E-state index in [0.717, 1.165) is 11.1 Å². The van der Waals surface area contributed by atoms with Gasteiger partial charge in [0.1, 0.15) is 17.0 Å². The predicted octanol–water partition coefficient (Wildman–Crippen LogP) is 3.57. The van der Waals surface area contributed by atoms with Crippen molar-refractivity contribution in [1.29, 1.82) is 0 Å². The van der Waals surface area contributed by atoms with Crippen LogP contribution in [0.1, 0.15) is 21.5 Å². The smallest absolute Gasteiger partial charge is 0.265 e. The summed E-state index contributed by atoms with van der Waals surface area (Å²) in [6.07, 6.45) is 2.14. The fourth-order valence-corrected chi connectivity index (χ4v) is 3.74. The molecule has 34 heavy (non-hydrogen) atoms. The molecule has 2 heterocycles. The highest BCUT2D eigenvalue weighted by molar-refractivity contribution is 5.96. The highest BCUT2D eigenvalue weighted by atomic mass is 19.1. The number of pyridine rings is 2. The number of ether oxygens (including phenoxy) is 2. The molecule has 2 aromatic carbocycles. The lowest BCUT2D eigenvalue weighted by molar-refractivity contribution is 0.0952. The third-order valence-corrected chi connectivity index (χ3v) is 5.49. The van der Waals surface area contributed by atoms with Crippen LogP contribution in [0, 0.1) is 5.82 Å². The number of nitrogens with one attached hydrogen (secondary N) is 1. The normalized spacial score (nSPS) is 10.8. The van der Waals surface area contributed by atoms with E-state index in [4.69, 9.17) is 9.47 Å². The summed E-state index contributed by atoms with van der Waals surface area (Å²) in [4.78, 5) is 30.5. The average molecular weight is 461 g/mol. The largest absolute Gasteiger partial charge is 0.493 e. The van der Waals surface area contributed by atoms with Crippen molar-refractivity contribution in [2.45, 2.75) is 13.0 Å². The average Bonchev–Trinajstić information content (AvgIpc) is 2.86. The summed E-state index contributed by atoms with van der Waals surface area (Å²) in [6, 6.07) is 16.5. The molecular weight excluding hydrogens is 437 g/mol. The fourth-order valence-electron chi connectivity index (χ4n) is 3.74. The SMILES string of the molecule is COc1ccc(CCNC(=O)c2cc3cccnc3n(Cc3ccc(F)cc3)c2=O)cc1OC. The second-order valence-electron chi connectivity index (χ2n) is 7.69. The fraction of sp³-hybridized carbons (Fsp3) is 0.192. The van der Waals surface area contributed by atoms with Crippen LogP contribution >= 0.6 is 0 Å². The Bertz CT molecular complexity index is 1380. The van der Waals surface area contributed by atoms with Gasteiger partial charge in [-0.15, -0.1) is 0 Å². The van der Waals surface area contributed by atoms with Gasteiger partial charge in [-0.25, -0.2) is 9.37 Å². The lowest BCUT2D eigenvalue weighted by Gasteiger charge is -2.13. The Morgan fingerprint density at radius 3 is 2.47 bits per heavy atom. The zero-order chi connectivity index (χ0) is 24.1. The van der Waals surface area contributed by atoms with Crippen molar-refractivity contribution in [3.8, 4) is 11.5 Å². The highest BCUT2D eigenvalue weighted by Crippen LogP contribution is 2.27. The van der Waals surface area contributed by atoms with Gasteiger partial charge in [0.05, 0.1) is 20.8 Å². The maximum Gasteiger partial charge on any atom is 0.265 e. The number of fused-ring (bicyclic) bond motifs is 1. The molecule has 0 aliphatic carbocycles. The number of amides is 1. The van der Waals surface area contributed by atoms with E-state index < -0.39 is 11.5 Å². The predicted molar refractivity (Wildman–Crippen MR) is 127 cm³/mol. The quantitative estimate of drug-likeness (QED) is 0.434. The van der Waals surface area contributed by atoms with E-state index in [-0.39, 0.29) is 17.9 Å². The number of aromatic nitrogens is 2. The van der Waals surface area contributed by atoms with Crippen LogP contribution in [-0.2, 0) is 13.0 Å². The van der Waals surface area contributed by atoms with E-state index in [9.17, 15) is 14.0 Å². The molecular formula is C26H24FN3O4. The Hall–Kier alpha value is -4.20. The summed E-state index contributed by atoms with van der Waals surface area (Å²) < 4.78 is 25.3. The first-order valence-electron chi connectivity index (χ1n) is 10.7. The van der Waals surface area contributed by atoms with Crippen LogP contribution in [0.5, 0.6) is 11.5 Å². The van der Waals surface area contributed by atoms with Crippen molar-refractivity contribution < 1.29 is 18.7 Å². The molecule has 0 saturated carbocycles. The Morgan fingerprint density at radius 2 is 1.74 bits per heavy atom. The van der Waals surface area contributed by atoms with Crippen LogP contribution in [0.25, 0.3) is 11.0 Å². The second kappa shape index (κ2) is 10.2. The Balaban J connectivity index is 1.56. The number of hydrogen-bond acceptors (Lipinski definition) is 5. The molecule has 4 aromatic rings. The van der Waals surface area contributed by atoms with E-state index in [1.54, 1.807) is 56.8 Å². The van der Waals surface area contributed by atoms with Gasteiger partial charge in [0, 0.05) is 18.1 Å². The molecule has 1 N–H and O–H groups in total. The third-order valence-electron chi connectivity index (χ3n) is 5.49. The summed E-state index contributed by atoms with van der Waals surface area (Å²) in [5, 5.41) is 3.48. The molecule has 0 aliphatic rings. The molecule has 7 nitrogen and oxygen atoms in total. The summed E-state index contributed by atoms with van der Waals surface area (Å²) >= 11 is 0. The number of carbonyl (C=O) groups is 1. The first kappa shape index (κ1) is 23.0. The topological polar surface area (TPSA) is 82.5 Å². The zero-order valence-electron chi connectivity index (χ0n) is 18.9. The van der Waals surface area contributed by atoms with Crippen LogP contribution in [-0.4, -0.2) is 36.2 Å². The van der Waals surface area contributed by atoms with E-state index >= 15 is 0 Å². The molecule has 0 radical (unpaired) electrons. The maximum atomic E-state index is 13.3. The number of nitrogens with zero attached hydrogens (tertiary/aromatic N) is 2. The number of halogens is 1. The number of carbonyl (C=O) groups excluding carboxylic acids is 1. The summed E-state index contributed by atoms with van der Waals surface area (Å²) in [5.74, 6) is 0.407.